The molecule has 40 heavy (non-hydrogen) atoms. The summed E-state index contributed by atoms with van der Waals surface area (Å²) < 4.78 is 31.8. The van der Waals surface area contributed by atoms with Crippen LogP contribution in [-0.2, 0) is 66.9 Å². The lowest BCUT2D eigenvalue weighted by Gasteiger charge is -2.16. The van der Waals surface area contributed by atoms with Gasteiger partial charge in [-0.1, -0.05) is 0 Å². The summed E-state index contributed by atoms with van der Waals surface area (Å²) in [5, 5.41) is 20.5. The van der Waals surface area contributed by atoms with E-state index in [0.29, 0.717) is 24.2 Å². The molecule has 10 heteroatoms. The average Bonchev–Trinajstić information content (AvgIpc) is 3.72. The summed E-state index contributed by atoms with van der Waals surface area (Å²) in [6.45, 7) is 4.74. The molecule has 6 N–H and O–H groups in total. The van der Waals surface area contributed by atoms with E-state index in [2.05, 4.69) is 0 Å². The van der Waals surface area contributed by atoms with Crippen molar-refractivity contribution in [2.24, 2.45) is 0 Å². The van der Waals surface area contributed by atoms with Gasteiger partial charge in [0.25, 0.3) is 0 Å². The van der Waals surface area contributed by atoms with Gasteiger partial charge in [-0.15, -0.1) is 0 Å². The highest BCUT2D eigenvalue weighted by molar-refractivity contribution is 5.64. The maximum Gasteiger partial charge on any atom is 0.121 e. The molecular weight excluding hydrogens is 516 g/mol. The molecular formula is C30H38N2O8. The summed E-state index contributed by atoms with van der Waals surface area (Å²) in [5.74, 6) is 0.572. The van der Waals surface area contributed by atoms with Crippen LogP contribution in [0, 0.1) is 0 Å². The van der Waals surface area contributed by atoms with Gasteiger partial charge in [-0.05, 0) is 34.4 Å². The largest absolute Gasteiger partial charge is 0.508 e. The minimum absolute atomic E-state index is 0.214. The van der Waals surface area contributed by atoms with Crippen LogP contribution in [0.15, 0.2) is 12.1 Å². The Kier molecular flexibility index (Phi) is 7.01. The highest BCUT2D eigenvalue weighted by Crippen LogP contribution is 2.38. The molecule has 6 unspecified atom stereocenters. The van der Waals surface area contributed by atoms with Crippen molar-refractivity contribution in [2.75, 3.05) is 51.1 Å². The van der Waals surface area contributed by atoms with E-state index in [9.17, 15) is 10.2 Å². The van der Waals surface area contributed by atoms with E-state index in [1.165, 1.54) is 0 Å². The predicted molar refractivity (Wildman–Crippen MR) is 146 cm³/mol. The molecule has 6 fully saturated rings. The van der Waals surface area contributed by atoms with Crippen molar-refractivity contribution in [3.63, 3.8) is 0 Å². The molecule has 0 radical (unpaired) electrons. The first-order valence-electron chi connectivity index (χ1n) is 14.3. The maximum absolute atomic E-state index is 10.2. The van der Waals surface area contributed by atoms with Crippen molar-refractivity contribution in [1.82, 2.24) is 0 Å². The van der Waals surface area contributed by atoms with Gasteiger partial charge in [-0.2, -0.15) is 0 Å². The number of hydrogen-bond donors (Lipinski definition) is 4. The number of rotatable bonds is 12. The van der Waals surface area contributed by atoms with Crippen LogP contribution >= 0.6 is 0 Å². The molecule has 2 aromatic carbocycles. The van der Waals surface area contributed by atoms with Gasteiger partial charge in [0.1, 0.15) is 11.5 Å². The Morgan fingerprint density at radius 2 is 0.725 bits per heavy atom. The number of epoxide rings is 6. The second-order valence-electron chi connectivity index (χ2n) is 11.8. The van der Waals surface area contributed by atoms with Crippen LogP contribution in [0.25, 0.3) is 0 Å². The molecule has 216 valence electrons. The Bertz CT molecular complexity index is 1160. The molecule has 0 spiro atoms. The lowest BCUT2D eigenvalue weighted by Crippen LogP contribution is -2.10. The van der Waals surface area contributed by atoms with Crippen LogP contribution in [0.4, 0.5) is 11.4 Å². The summed E-state index contributed by atoms with van der Waals surface area (Å²) >= 11 is 0. The number of phenolic OH excluding ortho intramolecular Hbond substituents is 2. The molecule has 0 aromatic heterocycles. The van der Waals surface area contributed by atoms with Crippen molar-refractivity contribution in [3.8, 4) is 11.5 Å². The van der Waals surface area contributed by atoms with Crippen LogP contribution in [0.2, 0.25) is 0 Å². The maximum atomic E-state index is 10.2. The lowest BCUT2D eigenvalue weighted by molar-refractivity contribution is 0.397. The van der Waals surface area contributed by atoms with Crippen LogP contribution in [0.5, 0.6) is 11.5 Å². The van der Waals surface area contributed by atoms with Gasteiger partial charge in [0.15, 0.2) is 0 Å². The Balaban J connectivity index is 0.000000132. The SMILES string of the molecule is Nc1c(CC2CO2)c(O)cc(CC2CO2)c1CC1CO1.Nc1c(CC2CO2)c(O)cc(CC2CO2)c1CC1CO1. The highest BCUT2D eigenvalue weighted by Gasteiger charge is 2.33. The zero-order valence-corrected chi connectivity index (χ0v) is 22.6. The van der Waals surface area contributed by atoms with E-state index in [1.807, 2.05) is 12.1 Å². The first-order chi connectivity index (χ1) is 19.4. The molecule has 6 aliphatic heterocycles. The van der Waals surface area contributed by atoms with Crippen molar-refractivity contribution >= 4 is 11.4 Å². The number of anilines is 2. The molecule has 0 saturated carbocycles. The van der Waals surface area contributed by atoms with Crippen molar-refractivity contribution < 1.29 is 38.6 Å². The fourth-order valence-electron chi connectivity index (χ4n) is 5.46. The fourth-order valence-corrected chi connectivity index (χ4v) is 5.46. The van der Waals surface area contributed by atoms with Gasteiger partial charge in [0.2, 0.25) is 0 Å². The molecule has 6 aliphatic rings. The Labute approximate surface area is 233 Å². The summed E-state index contributed by atoms with van der Waals surface area (Å²) in [6.07, 6.45) is 6.23. The summed E-state index contributed by atoms with van der Waals surface area (Å²) in [4.78, 5) is 0. The minimum Gasteiger partial charge on any atom is -0.508 e. The molecule has 6 heterocycles. The standard InChI is InChI=1S/2C15H19NO4/c2*16-15-12(3-10-6-19-10)8(1-9-5-18-9)2-14(17)13(15)4-11-7-20-11/h2*2,9-11,17H,1,3-7,16H2. The monoisotopic (exact) mass is 554 g/mol. The van der Waals surface area contributed by atoms with Crippen LogP contribution in [0.3, 0.4) is 0 Å². The van der Waals surface area contributed by atoms with Gasteiger partial charge < -0.3 is 50.1 Å². The molecule has 6 saturated heterocycles. The number of phenols is 2. The number of aromatic hydroxyl groups is 2. The van der Waals surface area contributed by atoms with Gasteiger partial charge in [0, 0.05) is 61.0 Å². The Hall–Kier alpha value is -2.60. The van der Waals surface area contributed by atoms with Crippen LogP contribution in [0.1, 0.15) is 33.4 Å². The molecule has 0 bridgehead atoms. The van der Waals surface area contributed by atoms with Gasteiger partial charge in [-0.3, -0.25) is 0 Å². The molecule has 2 aromatic rings. The van der Waals surface area contributed by atoms with Crippen molar-refractivity contribution in [3.05, 3.63) is 45.5 Å². The van der Waals surface area contributed by atoms with E-state index < -0.39 is 0 Å². The van der Waals surface area contributed by atoms with E-state index >= 15 is 0 Å². The summed E-state index contributed by atoms with van der Waals surface area (Å²) in [5.41, 5.74) is 20.2. The zero-order valence-electron chi connectivity index (χ0n) is 22.6. The zero-order chi connectivity index (χ0) is 27.4. The molecule has 0 aliphatic carbocycles. The number of nitrogens with two attached hydrogens (primary N) is 2. The first kappa shape index (κ1) is 26.3. The molecule has 0 amide bonds. The van der Waals surface area contributed by atoms with E-state index in [1.54, 1.807) is 0 Å². The van der Waals surface area contributed by atoms with E-state index in [4.69, 9.17) is 39.9 Å². The topological polar surface area (TPSA) is 168 Å². The third-order valence-electron chi connectivity index (χ3n) is 8.35. The van der Waals surface area contributed by atoms with Gasteiger partial charge in [-0.25, -0.2) is 0 Å². The van der Waals surface area contributed by atoms with Gasteiger partial charge in [0.05, 0.1) is 76.3 Å². The Morgan fingerprint density at radius 1 is 0.475 bits per heavy atom. The quantitative estimate of drug-likeness (QED) is 0.223. The fraction of sp³-hybridized carbons (Fsp3) is 0.600. The number of benzene rings is 2. The van der Waals surface area contributed by atoms with Crippen molar-refractivity contribution in [2.45, 2.75) is 75.1 Å². The molecule has 6 atom stereocenters. The predicted octanol–water partition coefficient (Wildman–Crippen LogP) is 1.60. The summed E-state index contributed by atoms with van der Waals surface area (Å²) in [6, 6.07) is 3.71. The second-order valence-corrected chi connectivity index (χ2v) is 11.8. The van der Waals surface area contributed by atoms with E-state index in [0.717, 1.165) is 98.7 Å². The Morgan fingerprint density at radius 3 is 1.00 bits per heavy atom. The van der Waals surface area contributed by atoms with E-state index in [-0.39, 0.29) is 48.1 Å². The van der Waals surface area contributed by atoms with Crippen LogP contribution < -0.4 is 11.5 Å². The number of hydrogen-bond acceptors (Lipinski definition) is 10. The summed E-state index contributed by atoms with van der Waals surface area (Å²) in [7, 11) is 0. The first-order valence-corrected chi connectivity index (χ1v) is 14.3. The smallest absolute Gasteiger partial charge is 0.121 e. The minimum atomic E-state index is 0.214. The molecule has 10 nitrogen and oxygen atoms in total. The van der Waals surface area contributed by atoms with Crippen molar-refractivity contribution in [1.29, 1.82) is 0 Å². The molecule has 8 rings (SSSR count). The number of nitrogen functional groups attached to an aromatic ring is 2. The second kappa shape index (κ2) is 10.7. The lowest BCUT2D eigenvalue weighted by atomic mass is 9.92. The average molecular weight is 555 g/mol. The van der Waals surface area contributed by atoms with Gasteiger partial charge >= 0.3 is 0 Å². The normalized spacial score (nSPS) is 30.3. The van der Waals surface area contributed by atoms with Crippen LogP contribution in [-0.4, -0.2) is 86.5 Å². The third kappa shape index (κ3) is 6.64. The number of ether oxygens (including phenoxy) is 6. The third-order valence-corrected chi connectivity index (χ3v) is 8.35. The highest BCUT2D eigenvalue weighted by atomic mass is 16.6.